The highest BCUT2D eigenvalue weighted by Crippen LogP contribution is 2.19. The molecule has 0 spiro atoms. The molecule has 0 bridgehead atoms. The van der Waals surface area contributed by atoms with Gasteiger partial charge in [0.1, 0.15) is 0 Å². The van der Waals surface area contributed by atoms with E-state index in [0.717, 1.165) is 44.6 Å². The normalized spacial score (nSPS) is 18.5. The van der Waals surface area contributed by atoms with E-state index in [9.17, 15) is 4.79 Å². The lowest BCUT2D eigenvalue weighted by Gasteiger charge is -2.35. The number of carbonyl (C=O) groups is 1. The smallest absolute Gasteiger partial charge is 0.240 e. The summed E-state index contributed by atoms with van der Waals surface area (Å²) in [7, 11) is 2.03. The van der Waals surface area contributed by atoms with E-state index in [1.165, 1.54) is 5.56 Å². The van der Waals surface area contributed by atoms with Crippen LogP contribution in [0.15, 0.2) is 54.7 Å². The number of rotatable bonds is 7. The lowest BCUT2D eigenvalue weighted by Crippen LogP contribution is -2.49. The molecule has 1 fully saturated rings. The first-order valence-electron chi connectivity index (χ1n) is 10.3. The van der Waals surface area contributed by atoms with E-state index in [1.54, 1.807) is 6.20 Å². The Morgan fingerprint density at radius 1 is 1.11 bits per heavy atom. The molecule has 1 aliphatic heterocycles. The molecule has 3 rings (SSSR count). The minimum absolute atomic E-state index is 0.180. The molecule has 150 valence electrons. The van der Waals surface area contributed by atoms with Gasteiger partial charge in [-0.15, -0.1) is 0 Å². The second-order valence-electron chi connectivity index (χ2n) is 7.70. The van der Waals surface area contributed by atoms with Crippen LogP contribution in [0.2, 0.25) is 0 Å². The predicted molar refractivity (Wildman–Crippen MR) is 113 cm³/mol. The van der Waals surface area contributed by atoms with Crippen molar-refractivity contribution in [3.8, 4) is 0 Å². The van der Waals surface area contributed by atoms with Gasteiger partial charge >= 0.3 is 0 Å². The maximum atomic E-state index is 13.5. The van der Waals surface area contributed by atoms with E-state index in [-0.39, 0.29) is 18.0 Å². The van der Waals surface area contributed by atoms with Crippen LogP contribution >= 0.6 is 0 Å². The summed E-state index contributed by atoms with van der Waals surface area (Å²) < 4.78 is 0. The van der Waals surface area contributed by atoms with Gasteiger partial charge < -0.3 is 10.2 Å². The third-order valence-corrected chi connectivity index (χ3v) is 5.62. The number of hydrogen-bond acceptors (Lipinski definition) is 4. The van der Waals surface area contributed by atoms with Crippen molar-refractivity contribution in [1.29, 1.82) is 0 Å². The Kier molecular flexibility index (Phi) is 7.57. The van der Waals surface area contributed by atoms with Gasteiger partial charge in [-0.25, -0.2) is 0 Å². The number of likely N-dealkylation sites (N-methyl/N-ethyl adjacent to an activating group) is 1. The summed E-state index contributed by atoms with van der Waals surface area (Å²) >= 11 is 0. The first kappa shape index (κ1) is 20.5. The molecule has 28 heavy (non-hydrogen) atoms. The van der Waals surface area contributed by atoms with E-state index >= 15 is 0 Å². The molecule has 5 heteroatoms. The molecular formula is C23H32N4O. The molecule has 1 aliphatic rings. The van der Waals surface area contributed by atoms with Crippen molar-refractivity contribution in [2.24, 2.45) is 0 Å². The van der Waals surface area contributed by atoms with Crippen LogP contribution in [-0.2, 0) is 17.9 Å². The number of nitrogens with zero attached hydrogens (tertiary/aromatic N) is 3. The Bertz CT molecular complexity index is 714. The lowest BCUT2D eigenvalue weighted by molar-refractivity contribution is -0.139. The number of benzene rings is 1. The van der Waals surface area contributed by atoms with Crippen molar-refractivity contribution in [1.82, 2.24) is 20.1 Å². The van der Waals surface area contributed by atoms with E-state index in [4.69, 9.17) is 0 Å². The lowest BCUT2D eigenvalue weighted by atomic mass is 10.0. The Morgan fingerprint density at radius 3 is 2.64 bits per heavy atom. The van der Waals surface area contributed by atoms with Gasteiger partial charge in [-0.2, -0.15) is 0 Å². The van der Waals surface area contributed by atoms with E-state index in [2.05, 4.69) is 32.2 Å². The fourth-order valence-corrected chi connectivity index (χ4v) is 3.80. The largest absolute Gasteiger partial charge is 0.332 e. The van der Waals surface area contributed by atoms with E-state index < -0.39 is 0 Å². The molecule has 2 atom stereocenters. The van der Waals surface area contributed by atoms with Crippen LogP contribution in [0.4, 0.5) is 0 Å². The van der Waals surface area contributed by atoms with Gasteiger partial charge in [0, 0.05) is 18.8 Å². The molecule has 5 nitrogen and oxygen atoms in total. The molecule has 1 amide bonds. The molecule has 1 saturated heterocycles. The van der Waals surface area contributed by atoms with E-state index in [1.807, 2.05) is 50.4 Å². The second-order valence-corrected chi connectivity index (χ2v) is 7.70. The number of carbonyl (C=O) groups excluding carboxylic acids is 1. The predicted octanol–water partition coefficient (Wildman–Crippen LogP) is 3.07. The number of nitrogens with one attached hydrogen (secondary N) is 1. The molecule has 1 aromatic carbocycles. The second kappa shape index (κ2) is 10.3. The van der Waals surface area contributed by atoms with Gasteiger partial charge in [-0.05, 0) is 64.0 Å². The fraction of sp³-hybridized carbons (Fsp3) is 0.478. The van der Waals surface area contributed by atoms with Crippen molar-refractivity contribution in [3.05, 3.63) is 66.0 Å². The van der Waals surface area contributed by atoms with Crippen molar-refractivity contribution < 1.29 is 4.79 Å². The monoisotopic (exact) mass is 380 g/mol. The average molecular weight is 381 g/mol. The Hall–Kier alpha value is -2.24. The summed E-state index contributed by atoms with van der Waals surface area (Å²) in [5, 5.41) is 3.46. The number of hydrogen-bond donors (Lipinski definition) is 1. The molecule has 2 aromatic rings. The molecule has 2 heterocycles. The molecule has 1 N–H and O–H groups in total. The standard InChI is InChI=1S/C23H32N4O/c1-19(26(2)17-20-9-4-3-5-10-20)23(28)27(18-21-11-6-7-15-25-21)22-12-8-14-24-16-13-22/h3-7,9-11,15,19,22,24H,8,12-14,16-18H2,1-2H3. The van der Waals surface area contributed by atoms with Gasteiger partial charge in [0.25, 0.3) is 0 Å². The number of amides is 1. The summed E-state index contributed by atoms with van der Waals surface area (Å²) in [5.74, 6) is 0.191. The van der Waals surface area contributed by atoms with Crippen molar-refractivity contribution >= 4 is 5.91 Å². The highest BCUT2D eigenvalue weighted by Gasteiger charge is 2.30. The Balaban J connectivity index is 1.74. The SMILES string of the molecule is CC(C(=O)N(Cc1ccccn1)C1CCCNCC1)N(C)Cc1ccccc1. The van der Waals surface area contributed by atoms with Gasteiger partial charge in [0.2, 0.25) is 5.91 Å². The van der Waals surface area contributed by atoms with Crippen molar-refractivity contribution in [3.63, 3.8) is 0 Å². The van der Waals surface area contributed by atoms with Crippen LogP contribution in [0.3, 0.4) is 0 Å². The maximum absolute atomic E-state index is 13.5. The van der Waals surface area contributed by atoms with Crippen LogP contribution in [0.25, 0.3) is 0 Å². The van der Waals surface area contributed by atoms with Crippen molar-refractivity contribution in [2.75, 3.05) is 20.1 Å². The maximum Gasteiger partial charge on any atom is 0.240 e. The summed E-state index contributed by atoms with van der Waals surface area (Å²) in [4.78, 5) is 22.2. The van der Waals surface area contributed by atoms with Crippen LogP contribution < -0.4 is 5.32 Å². The van der Waals surface area contributed by atoms with Crippen LogP contribution in [0.1, 0.15) is 37.4 Å². The van der Waals surface area contributed by atoms with Gasteiger partial charge in [0.15, 0.2) is 0 Å². The topological polar surface area (TPSA) is 48.5 Å². The minimum Gasteiger partial charge on any atom is -0.332 e. The summed E-state index contributed by atoms with van der Waals surface area (Å²) in [6, 6.07) is 16.3. The Labute approximate surface area is 168 Å². The molecule has 0 saturated carbocycles. The zero-order chi connectivity index (χ0) is 19.8. The highest BCUT2D eigenvalue weighted by molar-refractivity contribution is 5.81. The first-order chi connectivity index (χ1) is 13.6. The molecule has 0 aliphatic carbocycles. The molecule has 0 radical (unpaired) electrons. The number of aromatic nitrogens is 1. The summed E-state index contributed by atoms with van der Waals surface area (Å²) in [6.07, 6.45) is 4.94. The molecular weight excluding hydrogens is 348 g/mol. The van der Waals surface area contributed by atoms with Crippen LogP contribution in [0, 0.1) is 0 Å². The zero-order valence-corrected chi connectivity index (χ0v) is 17.1. The Morgan fingerprint density at radius 2 is 1.89 bits per heavy atom. The zero-order valence-electron chi connectivity index (χ0n) is 17.1. The van der Waals surface area contributed by atoms with Crippen LogP contribution in [-0.4, -0.2) is 52.9 Å². The van der Waals surface area contributed by atoms with E-state index in [0.29, 0.717) is 6.54 Å². The quantitative estimate of drug-likeness (QED) is 0.802. The fourth-order valence-electron chi connectivity index (χ4n) is 3.80. The summed E-state index contributed by atoms with van der Waals surface area (Å²) in [5.41, 5.74) is 2.17. The highest BCUT2D eigenvalue weighted by atomic mass is 16.2. The molecule has 2 unspecified atom stereocenters. The van der Waals surface area contributed by atoms with Gasteiger partial charge in [0.05, 0.1) is 18.3 Å². The third kappa shape index (κ3) is 5.63. The third-order valence-electron chi connectivity index (χ3n) is 5.62. The van der Waals surface area contributed by atoms with Gasteiger partial charge in [-0.1, -0.05) is 36.4 Å². The van der Waals surface area contributed by atoms with Gasteiger partial charge in [-0.3, -0.25) is 14.7 Å². The first-order valence-corrected chi connectivity index (χ1v) is 10.3. The minimum atomic E-state index is -0.180. The number of pyridine rings is 1. The van der Waals surface area contributed by atoms with Crippen LogP contribution in [0.5, 0.6) is 0 Å². The average Bonchev–Trinajstić information content (AvgIpc) is 3.02. The van der Waals surface area contributed by atoms with Crippen molar-refractivity contribution in [2.45, 2.75) is 51.4 Å². The summed E-state index contributed by atoms with van der Waals surface area (Å²) in [6.45, 7) is 5.35. The molecule has 1 aromatic heterocycles.